The quantitative estimate of drug-likeness (QED) is 0.452. The number of rotatable bonds is 7. The fourth-order valence-corrected chi connectivity index (χ4v) is 3.46. The highest BCUT2D eigenvalue weighted by Crippen LogP contribution is 2.39. The van der Waals surface area contributed by atoms with E-state index in [-0.39, 0.29) is 0 Å². The van der Waals surface area contributed by atoms with Gasteiger partial charge in [-0.15, -0.1) is 0 Å². The minimum Gasteiger partial charge on any atom is -0.497 e. The van der Waals surface area contributed by atoms with Crippen molar-refractivity contribution in [3.63, 3.8) is 0 Å². The molecule has 0 aliphatic heterocycles. The molecule has 0 unspecified atom stereocenters. The Morgan fingerprint density at radius 2 is 0.667 bits per heavy atom. The molecule has 0 atom stereocenters. The van der Waals surface area contributed by atoms with Crippen molar-refractivity contribution in [1.82, 2.24) is 0 Å². The summed E-state index contributed by atoms with van der Waals surface area (Å²) in [5, 5.41) is 0. The van der Waals surface area contributed by atoms with Gasteiger partial charge in [-0.25, -0.2) is 0 Å². The molecule has 186 valence electrons. The molecule has 0 saturated heterocycles. The molecule has 0 saturated carbocycles. The predicted molar refractivity (Wildman–Crippen MR) is 137 cm³/mol. The number of hydrogen-bond donors (Lipinski definition) is 0. The van der Waals surface area contributed by atoms with Gasteiger partial charge >= 0.3 is 0 Å². The maximum absolute atomic E-state index is 5.46. The standard InChI is InChI=1S/C29H28O7/c1-30-23-13-19(8-10-21-15-24(31-2)28(35-6)25(16-21)32-3)12-20(14-23)9-11-22-17-26(33-4)29(36-7)27(18-22)34-5/h12-18H,1-7H3. The van der Waals surface area contributed by atoms with Gasteiger partial charge in [0.15, 0.2) is 23.0 Å². The van der Waals surface area contributed by atoms with E-state index in [2.05, 4.69) is 23.7 Å². The molecule has 3 aromatic carbocycles. The SMILES string of the molecule is COc1cc(C#Cc2cc(OC)c(OC)c(OC)c2)cc(C#Cc2cc(OC)c(OC)c(OC)c2)c1. The van der Waals surface area contributed by atoms with Crippen LogP contribution >= 0.6 is 0 Å². The molecule has 0 radical (unpaired) electrons. The van der Waals surface area contributed by atoms with E-state index >= 15 is 0 Å². The zero-order valence-corrected chi connectivity index (χ0v) is 21.4. The molecular formula is C29H28O7. The van der Waals surface area contributed by atoms with Crippen LogP contribution < -0.4 is 33.2 Å². The highest BCUT2D eigenvalue weighted by Gasteiger charge is 2.13. The highest BCUT2D eigenvalue weighted by molar-refractivity contribution is 5.60. The molecule has 0 bridgehead atoms. The van der Waals surface area contributed by atoms with Gasteiger partial charge in [0.1, 0.15) is 5.75 Å². The first-order valence-electron chi connectivity index (χ1n) is 10.8. The summed E-state index contributed by atoms with van der Waals surface area (Å²) in [5.74, 6) is 16.4. The number of benzene rings is 3. The molecule has 0 heterocycles. The van der Waals surface area contributed by atoms with E-state index in [1.165, 1.54) is 0 Å². The van der Waals surface area contributed by atoms with Crippen molar-refractivity contribution in [1.29, 1.82) is 0 Å². The van der Waals surface area contributed by atoms with Gasteiger partial charge in [0.05, 0.1) is 49.8 Å². The molecule has 0 amide bonds. The van der Waals surface area contributed by atoms with Crippen molar-refractivity contribution in [2.24, 2.45) is 0 Å². The highest BCUT2D eigenvalue weighted by atomic mass is 16.5. The first-order chi connectivity index (χ1) is 17.5. The summed E-state index contributed by atoms with van der Waals surface area (Å²) in [4.78, 5) is 0. The first kappa shape index (κ1) is 26.0. The Morgan fingerprint density at radius 3 is 0.917 bits per heavy atom. The molecule has 3 rings (SSSR count). The fraction of sp³-hybridized carbons (Fsp3) is 0.241. The van der Waals surface area contributed by atoms with Crippen molar-refractivity contribution in [3.8, 4) is 63.9 Å². The lowest BCUT2D eigenvalue weighted by Crippen LogP contribution is -1.96. The molecule has 7 nitrogen and oxygen atoms in total. The van der Waals surface area contributed by atoms with E-state index < -0.39 is 0 Å². The molecule has 36 heavy (non-hydrogen) atoms. The lowest BCUT2D eigenvalue weighted by Gasteiger charge is -2.12. The van der Waals surface area contributed by atoms with E-state index in [1.807, 2.05) is 18.2 Å². The third kappa shape index (κ3) is 5.89. The van der Waals surface area contributed by atoms with Crippen LogP contribution in [0.4, 0.5) is 0 Å². The van der Waals surface area contributed by atoms with Gasteiger partial charge in [-0.2, -0.15) is 0 Å². The van der Waals surface area contributed by atoms with Crippen LogP contribution in [-0.2, 0) is 0 Å². The van der Waals surface area contributed by atoms with Crippen molar-refractivity contribution in [2.45, 2.75) is 0 Å². The second-order valence-electron chi connectivity index (χ2n) is 7.28. The lowest BCUT2D eigenvalue weighted by atomic mass is 10.1. The summed E-state index contributed by atoms with van der Waals surface area (Å²) in [6.45, 7) is 0. The lowest BCUT2D eigenvalue weighted by molar-refractivity contribution is 0.324. The average molecular weight is 489 g/mol. The van der Waals surface area contributed by atoms with Crippen molar-refractivity contribution in [2.75, 3.05) is 49.8 Å². The fourth-order valence-electron chi connectivity index (χ4n) is 3.46. The molecule has 7 heteroatoms. The Kier molecular flexibility index (Phi) is 8.80. The summed E-state index contributed by atoms with van der Waals surface area (Å²) in [6, 6.07) is 12.7. The topological polar surface area (TPSA) is 64.6 Å². The summed E-state index contributed by atoms with van der Waals surface area (Å²) in [5.41, 5.74) is 2.88. The van der Waals surface area contributed by atoms with E-state index in [1.54, 1.807) is 74.0 Å². The Hall–Kier alpha value is -4.62. The largest absolute Gasteiger partial charge is 0.497 e. The molecule has 0 N–H and O–H groups in total. The molecule has 3 aromatic rings. The smallest absolute Gasteiger partial charge is 0.203 e. The Morgan fingerprint density at radius 1 is 0.361 bits per heavy atom. The van der Waals surface area contributed by atoms with E-state index in [0.717, 1.165) is 11.1 Å². The van der Waals surface area contributed by atoms with Gasteiger partial charge in [0.2, 0.25) is 11.5 Å². The van der Waals surface area contributed by atoms with Crippen LogP contribution in [0.1, 0.15) is 22.3 Å². The van der Waals surface area contributed by atoms with Gasteiger partial charge in [0.25, 0.3) is 0 Å². The van der Waals surface area contributed by atoms with Gasteiger partial charge < -0.3 is 33.2 Å². The maximum atomic E-state index is 5.46. The molecular weight excluding hydrogens is 460 g/mol. The van der Waals surface area contributed by atoms with Crippen LogP contribution in [0, 0.1) is 23.7 Å². The molecule has 0 fully saturated rings. The van der Waals surface area contributed by atoms with Gasteiger partial charge in [-0.05, 0) is 42.5 Å². The maximum Gasteiger partial charge on any atom is 0.203 e. The van der Waals surface area contributed by atoms with Crippen molar-refractivity contribution >= 4 is 0 Å². The van der Waals surface area contributed by atoms with Gasteiger partial charge in [-0.3, -0.25) is 0 Å². The van der Waals surface area contributed by atoms with Gasteiger partial charge in [-0.1, -0.05) is 23.7 Å². The van der Waals surface area contributed by atoms with E-state index in [4.69, 9.17) is 33.2 Å². The summed E-state index contributed by atoms with van der Waals surface area (Å²) in [6.07, 6.45) is 0. The van der Waals surface area contributed by atoms with Crippen LogP contribution in [-0.4, -0.2) is 49.8 Å². The summed E-state index contributed by atoms with van der Waals surface area (Å²) < 4.78 is 37.9. The minimum absolute atomic E-state index is 0.510. The van der Waals surface area contributed by atoms with Crippen LogP contribution in [0.5, 0.6) is 40.2 Å². The predicted octanol–water partition coefficient (Wildman–Crippen LogP) is 4.55. The zero-order valence-electron chi connectivity index (χ0n) is 21.4. The second kappa shape index (κ2) is 12.2. The van der Waals surface area contributed by atoms with Crippen LogP contribution in [0.2, 0.25) is 0 Å². The number of hydrogen-bond acceptors (Lipinski definition) is 7. The third-order valence-electron chi connectivity index (χ3n) is 5.17. The molecule has 0 aliphatic rings. The zero-order chi connectivity index (χ0) is 26.1. The summed E-state index contributed by atoms with van der Waals surface area (Å²) in [7, 11) is 11.0. The number of methoxy groups -OCH3 is 7. The first-order valence-corrected chi connectivity index (χ1v) is 10.8. The Bertz CT molecular complexity index is 1200. The van der Waals surface area contributed by atoms with Crippen molar-refractivity contribution < 1.29 is 33.2 Å². The number of ether oxygens (including phenoxy) is 7. The van der Waals surface area contributed by atoms with Crippen LogP contribution in [0.25, 0.3) is 0 Å². The Balaban J connectivity index is 2.00. The minimum atomic E-state index is 0.510. The average Bonchev–Trinajstić information content (AvgIpc) is 2.93. The molecule has 0 aromatic heterocycles. The third-order valence-corrected chi connectivity index (χ3v) is 5.17. The van der Waals surface area contributed by atoms with Crippen LogP contribution in [0.15, 0.2) is 42.5 Å². The monoisotopic (exact) mass is 488 g/mol. The van der Waals surface area contributed by atoms with E-state index in [0.29, 0.717) is 51.4 Å². The molecule has 0 aliphatic carbocycles. The summed E-state index contributed by atoms with van der Waals surface area (Å²) >= 11 is 0. The normalized spacial score (nSPS) is 9.64. The Labute approximate surface area is 211 Å². The van der Waals surface area contributed by atoms with Crippen molar-refractivity contribution in [3.05, 3.63) is 64.7 Å². The second-order valence-corrected chi connectivity index (χ2v) is 7.28. The van der Waals surface area contributed by atoms with Gasteiger partial charge in [0, 0.05) is 22.3 Å². The van der Waals surface area contributed by atoms with E-state index in [9.17, 15) is 0 Å². The van der Waals surface area contributed by atoms with Crippen LogP contribution in [0.3, 0.4) is 0 Å². The molecule has 0 spiro atoms.